The van der Waals surface area contributed by atoms with E-state index in [1.165, 1.54) is 0 Å². The van der Waals surface area contributed by atoms with Crippen LogP contribution in [0.1, 0.15) is 46.0 Å². The summed E-state index contributed by atoms with van der Waals surface area (Å²) in [6, 6.07) is 0. The van der Waals surface area contributed by atoms with Crippen molar-refractivity contribution in [2.45, 2.75) is 52.1 Å². The molecule has 0 spiro atoms. The zero-order valence-electron chi connectivity index (χ0n) is 10.6. The quantitative estimate of drug-likeness (QED) is 0.491. The van der Waals surface area contributed by atoms with Gasteiger partial charge in [-0.3, -0.25) is 9.59 Å². The van der Waals surface area contributed by atoms with Crippen LogP contribution in [0.5, 0.6) is 0 Å². The standard InChI is InChI=1S/C12H18O6/c1-3-5-8(4-2)18-12(17)10(14)7-6-9(13)11(15)16/h8H,3-7H2,1-2H3,(H,15,16). The van der Waals surface area contributed by atoms with Crippen LogP contribution >= 0.6 is 0 Å². The molecule has 1 atom stereocenters. The lowest BCUT2D eigenvalue weighted by atomic mass is 10.1. The number of carbonyl (C=O) groups excluding carboxylic acids is 3. The molecule has 1 N–H and O–H groups in total. The van der Waals surface area contributed by atoms with Crippen molar-refractivity contribution < 1.29 is 29.0 Å². The average Bonchev–Trinajstić information content (AvgIpc) is 2.34. The van der Waals surface area contributed by atoms with Gasteiger partial charge in [-0.15, -0.1) is 0 Å². The number of esters is 1. The summed E-state index contributed by atoms with van der Waals surface area (Å²) in [6.45, 7) is 3.77. The summed E-state index contributed by atoms with van der Waals surface area (Å²) in [5, 5.41) is 8.31. The Kier molecular flexibility index (Phi) is 7.58. The maximum Gasteiger partial charge on any atom is 0.374 e. The predicted octanol–water partition coefficient (Wildman–Crippen LogP) is 1.11. The lowest BCUT2D eigenvalue weighted by Gasteiger charge is -2.14. The number of carboxylic acid groups (broad SMARTS) is 1. The molecule has 0 saturated carbocycles. The first-order valence-corrected chi connectivity index (χ1v) is 5.92. The first-order valence-electron chi connectivity index (χ1n) is 5.92. The molecule has 0 fully saturated rings. The molecule has 0 radical (unpaired) electrons. The van der Waals surface area contributed by atoms with Crippen molar-refractivity contribution in [3.63, 3.8) is 0 Å². The fraction of sp³-hybridized carbons (Fsp3) is 0.667. The molecule has 0 rings (SSSR count). The van der Waals surface area contributed by atoms with Crippen molar-refractivity contribution in [2.75, 3.05) is 0 Å². The van der Waals surface area contributed by atoms with Gasteiger partial charge in [0.2, 0.25) is 11.6 Å². The highest BCUT2D eigenvalue weighted by Crippen LogP contribution is 2.07. The smallest absolute Gasteiger partial charge is 0.374 e. The highest BCUT2D eigenvalue weighted by molar-refractivity contribution is 6.36. The third-order valence-electron chi connectivity index (χ3n) is 2.39. The molecule has 0 aromatic heterocycles. The van der Waals surface area contributed by atoms with Gasteiger partial charge in [0.25, 0.3) is 0 Å². The maximum atomic E-state index is 11.3. The Bertz CT molecular complexity index is 333. The topological polar surface area (TPSA) is 97.7 Å². The minimum atomic E-state index is -1.60. The fourth-order valence-electron chi connectivity index (χ4n) is 1.32. The second-order valence-corrected chi connectivity index (χ2v) is 3.88. The number of rotatable bonds is 9. The Hall–Kier alpha value is -1.72. The molecule has 1 unspecified atom stereocenters. The van der Waals surface area contributed by atoms with Crippen LogP contribution in [0.2, 0.25) is 0 Å². The molecular weight excluding hydrogens is 240 g/mol. The molecule has 0 aromatic rings. The Labute approximate surface area is 105 Å². The third kappa shape index (κ3) is 6.12. The second-order valence-electron chi connectivity index (χ2n) is 3.88. The zero-order valence-corrected chi connectivity index (χ0v) is 10.6. The lowest BCUT2D eigenvalue weighted by Crippen LogP contribution is -2.25. The number of ether oxygens (including phenoxy) is 1. The summed E-state index contributed by atoms with van der Waals surface area (Å²) in [5.41, 5.74) is 0. The SMILES string of the molecule is CCCC(CC)OC(=O)C(=O)CCC(=O)C(=O)O. The van der Waals surface area contributed by atoms with Crippen molar-refractivity contribution in [1.29, 1.82) is 0 Å². The largest absolute Gasteiger partial charge is 0.476 e. The van der Waals surface area contributed by atoms with E-state index in [0.29, 0.717) is 12.8 Å². The van der Waals surface area contributed by atoms with Gasteiger partial charge in [0.05, 0.1) is 0 Å². The monoisotopic (exact) mass is 258 g/mol. The van der Waals surface area contributed by atoms with E-state index in [0.717, 1.165) is 6.42 Å². The predicted molar refractivity (Wildman–Crippen MR) is 62.0 cm³/mol. The van der Waals surface area contributed by atoms with Crippen LogP contribution in [0, 0.1) is 0 Å². The molecule has 102 valence electrons. The third-order valence-corrected chi connectivity index (χ3v) is 2.39. The van der Waals surface area contributed by atoms with E-state index >= 15 is 0 Å². The summed E-state index contributed by atoms with van der Waals surface area (Å²) in [7, 11) is 0. The van der Waals surface area contributed by atoms with E-state index in [9.17, 15) is 19.2 Å². The molecule has 18 heavy (non-hydrogen) atoms. The van der Waals surface area contributed by atoms with Gasteiger partial charge in [-0.05, 0) is 12.8 Å². The molecule has 6 heteroatoms. The minimum Gasteiger partial charge on any atom is -0.476 e. The van der Waals surface area contributed by atoms with Crippen LogP contribution in [0.15, 0.2) is 0 Å². The number of carboxylic acids is 1. The number of aliphatic carboxylic acids is 1. The van der Waals surface area contributed by atoms with Crippen LogP contribution < -0.4 is 0 Å². The van der Waals surface area contributed by atoms with E-state index < -0.39 is 36.3 Å². The Morgan fingerprint density at radius 3 is 2.06 bits per heavy atom. The first-order chi connectivity index (χ1) is 8.42. The first kappa shape index (κ1) is 16.3. The van der Waals surface area contributed by atoms with Gasteiger partial charge in [-0.1, -0.05) is 20.3 Å². The zero-order chi connectivity index (χ0) is 14.1. The summed E-state index contributed by atoms with van der Waals surface area (Å²) in [6.07, 6.45) is 0.907. The highest BCUT2D eigenvalue weighted by Gasteiger charge is 2.21. The van der Waals surface area contributed by atoms with Gasteiger partial charge in [-0.2, -0.15) is 0 Å². The Balaban J connectivity index is 4.14. The molecule has 0 aliphatic rings. The van der Waals surface area contributed by atoms with Crippen molar-refractivity contribution in [3.8, 4) is 0 Å². The van der Waals surface area contributed by atoms with Gasteiger partial charge in [0.1, 0.15) is 6.10 Å². The van der Waals surface area contributed by atoms with Crippen LogP contribution in [-0.4, -0.2) is 34.7 Å². The fourth-order valence-corrected chi connectivity index (χ4v) is 1.32. The molecule has 0 aromatic carbocycles. The minimum absolute atomic E-state index is 0.304. The number of carbonyl (C=O) groups is 4. The normalized spacial score (nSPS) is 11.7. The molecule has 0 amide bonds. The molecule has 0 aliphatic carbocycles. The molecule has 0 aliphatic heterocycles. The maximum absolute atomic E-state index is 11.3. The van der Waals surface area contributed by atoms with Crippen molar-refractivity contribution in [3.05, 3.63) is 0 Å². The summed E-state index contributed by atoms with van der Waals surface area (Å²) in [5.74, 6) is -4.54. The van der Waals surface area contributed by atoms with Gasteiger partial charge in [0, 0.05) is 12.8 Å². The van der Waals surface area contributed by atoms with Crippen LogP contribution in [0.25, 0.3) is 0 Å². The van der Waals surface area contributed by atoms with E-state index in [1.807, 2.05) is 13.8 Å². The van der Waals surface area contributed by atoms with E-state index in [1.54, 1.807) is 0 Å². The lowest BCUT2D eigenvalue weighted by molar-refractivity contribution is -0.158. The second kappa shape index (κ2) is 8.38. The molecule has 6 nitrogen and oxygen atoms in total. The number of Topliss-reactive ketones (excluding diaryl/α,β-unsaturated/α-hetero) is 2. The Morgan fingerprint density at radius 2 is 1.61 bits per heavy atom. The van der Waals surface area contributed by atoms with Crippen molar-refractivity contribution in [2.24, 2.45) is 0 Å². The average molecular weight is 258 g/mol. The summed E-state index contributed by atoms with van der Waals surface area (Å²) < 4.78 is 4.95. The molecule has 0 bridgehead atoms. The van der Waals surface area contributed by atoms with Crippen LogP contribution in [0.3, 0.4) is 0 Å². The van der Waals surface area contributed by atoms with E-state index in [4.69, 9.17) is 9.84 Å². The van der Waals surface area contributed by atoms with Crippen molar-refractivity contribution >= 4 is 23.5 Å². The van der Waals surface area contributed by atoms with Gasteiger partial charge >= 0.3 is 11.9 Å². The molecular formula is C12H18O6. The number of ketones is 2. The van der Waals surface area contributed by atoms with E-state index in [2.05, 4.69) is 0 Å². The highest BCUT2D eigenvalue weighted by atomic mass is 16.5. The number of hydrogen-bond acceptors (Lipinski definition) is 5. The summed E-state index contributed by atoms with van der Waals surface area (Å²) >= 11 is 0. The number of hydrogen-bond donors (Lipinski definition) is 1. The van der Waals surface area contributed by atoms with E-state index in [-0.39, 0.29) is 6.10 Å². The Morgan fingerprint density at radius 1 is 1.06 bits per heavy atom. The van der Waals surface area contributed by atoms with Crippen molar-refractivity contribution in [1.82, 2.24) is 0 Å². The molecule has 0 saturated heterocycles. The van der Waals surface area contributed by atoms with Gasteiger partial charge < -0.3 is 9.84 Å². The molecule has 0 heterocycles. The van der Waals surface area contributed by atoms with Crippen LogP contribution in [-0.2, 0) is 23.9 Å². The summed E-state index contributed by atoms with van der Waals surface area (Å²) in [4.78, 5) is 43.6. The van der Waals surface area contributed by atoms with Crippen LogP contribution in [0.4, 0.5) is 0 Å². The van der Waals surface area contributed by atoms with Gasteiger partial charge in [-0.25, -0.2) is 9.59 Å². The van der Waals surface area contributed by atoms with Gasteiger partial charge in [0.15, 0.2) is 0 Å².